The monoisotopic (exact) mass is 580 g/mol. The zero-order valence-electron chi connectivity index (χ0n) is 19.9. The number of hydrogen-bond donors (Lipinski definition) is 0. The second-order valence-electron chi connectivity index (χ2n) is 11.3. The molecule has 0 nitrogen and oxygen atoms in total. The molecule has 30 heavy (non-hydrogen) atoms. The first-order valence-corrected chi connectivity index (χ1v) is 23.3. The van der Waals surface area contributed by atoms with Crippen LogP contribution in [0, 0.1) is 0 Å². The van der Waals surface area contributed by atoms with Crippen LogP contribution in [0.2, 0.25) is 16.8 Å². The molecule has 2 aliphatic carbocycles. The van der Waals surface area contributed by atoms with Crippen molar-refractivity contribution in [2.45, 2.75) is 72.8 Å². The van der Waals surface area contributed by atoms with Crippen molar-refractivity contribution in [1.29, 1.82) is 0 Å². The van der Waals surface area contributed by atoms with Gasteiger partial charge in [-0.05, 0) is 0 Å². The van der Waals surface area contributed by atoms with Crippen LogP contribution in [-0.2, 0) is 30.9 Å². The molecule has 156 valence electrons. The quantitative estimate of drug-likeness (QED) is 0.316. The van der Waals surface area contributed by atoms with Crippen LogP contribution in [0.5, 0.6) is 0 Å². The zero-order valence-corrected chi connectivity index (χ0v) is 24.5. The fourth-order valence-electron chi connectivity index (χ4n) is 4.97. The third-order valence-electron chi connectivity index (χ3n) is 6.75. The molecule has 0 N–H and O–H groups in total. The van der Waals surface area contributed by atoms with E-state index in [-0.39, 0.29) is 16.3 Å². The molecule has 0 amide bonds. The molecule has 0 radical (unpaired) electrons. The Labute approximate surface area is 191 Å². The summed E-state index contributed by atoms with van der Waals surface area (Å²) in [6, 6.07) is 14.9. The second-order valence-corrected chi connectivity index (χ2v) is 36.5. The summed E-state index contributed by atoms with van der Waals surface area (Å²) in [6.45, 7) is 19.2. The van der Waals surface area contributed by atoms with Crippen molar-refractivity contribution in [2.75, 3.05) is 0 Å². The van der Waals surface area contributed by atoms with Gasteiger partial charge in [0.15, 0.2) is 0 Å². The first-order chi connectivity index (χ1) is 14.0. The molecule has 4 rings (SSSR count). The van der Waals surface area contributed by atoms with Gasteiger partial charge in [0.2, 0.25) is 0 Å². The standard InChI is InChI=1S/C21H25.C5H5.C2H6Si.Hf/c1-20(2,3)16-9-7-14-11-15-8-10-17(21(4,5)6)13-19(15)18(14)12-16;1-2-4-5-3-1;1-3-2;/h7-13H,1-6H3;1-5H;1-2H3;. The first-order valence-electron chi connectivity index (χ1n) is 11.3. The normalized spacial score (nSPS) is 16.1. The summed E-state index contributed by atoms with van der Waals surface area (Å²) < 4.78 is 1.48. The van der Waals surface area contributed by atoms with E-state index >= 15 is 0 Å². The summed E-state index contributed by atoms with van der Waals surface area (Å²) in [5.41, 5.74) is 9.34. The molecular weight excluding hydrogens is 543 g/mol. The Morgan fingerprint density at radius 2 is 1.13 bits per heavy atom. The predicted molar refractivity (Wildman–Crippen MR) is 131 cm³/mol. The molecule has 0 bridgehead atoms. The van der Waals surface area contributed by atoms with Crippen LogP contribution in [0.4, 0.5) is 0 Å². The van der Waals surface area contributed by atoms with Crippen molar-refractivity contribution in [3.05, 3.63) is 83.0 Å². The third-order valence-corrected chi connectivity index (χ3v) is 33.9. The summed E-state index contributed by atoms with van der Waals surface area (Å²) in [4.78, 5) is 0. The van der Waals surface area contributed by atoms with Gasteiger partial charge in [0.1, 0.15) is 0 Å². The average Bonchev–Trinajstić information content (AvgIpc) is 3.27. The second kappa shape index (κ2) is 7.85. The zero-order chi connectivity index (χ0) is 21.8. The molecule has 0 saturated carbocycles. The Bertz CT molecular complexity index is 1010. The Morgan fingerprint density at radius 3 is 1.50 bits per heavy atom. The van der Waals surface area contributed by atoms with Gasteiger partial charge in [-0.25, -0.2) is 0 Å². The van der Waals surface area contributed by atoms with E-state index in [0.29, 0.717) is 3.67 Å². The van der Waals surface area contributed by atoms with Crippen LogP contribution >= 0.6 is 0 Å². The van der Waals surface area contributed by atoms with Gasteiger partial charge < -0.3 is 0 Å². The summed E-state index contributed by atoms with van der Waals surface area (Å²) in [6.07, 6.45) is 9.62. The molecule has 0 aliphatic heterocycles. The van der Waals surface area contributed by atoms with Crippen LogP contribution in [0.25, 0.3) is 11.1 Å². The number of fused-ring (bicyclic) bond motifs is 3. The summed E-state index contributed by atoms with van der Waals surface area (Å²) in [5, 5.41) is 0. The molecule has 0 aromatic heterocycles. The molecule has 0 spiro atoms. The number of allylic oxidation sites excluding steroid dienone is 4. The Kier molecular flexibility index (Phi) is 5.81. The van der Waals surface area contributed by atoms with Crippen molar-refractivity contribution in [3.8, 4) is 11.1 Å². The molecule has 0 heterocycles. The van der Waals surface area contributed by atoms with Crippen molar-refractivity contribution < 1.29 is 20.1 Å². The van der Waals surface area contributed by atoms with Crippen LogP contribution < -0.4 is 0 Å². The fraction of sp³-hybridized carbons (Fsp3) is 0.429. The van der Waals surface area contributed by atoms with E-state index in [1.54, 1.807) is 11.1 Å². The van der Waals surface area contributed by atoms with Gasteiger partial charge in [-0.2, -0.15) is 0 Å². The van der Waals surface area contributed by atoms with Gasteiger partial charge in [0.25, 0.3) is 0 Å². The van der Waals surface area contributed by atoms with E-state index in [4.69, 9.17) is 0 Å². The number of hydrogen-bond acceptors (Lipinski definition) is 0. The first kappa shape index (κ1) is 22.2. The Morgan fingerprint density at radius 1 is 0.700 bits per heavy atom. The fourth-order valence-corrected chi connectivity index (χ4v) is 31.6. The SMILES string of the molecule is C[Si](C)=[Hf]([CH]1C=CC=C1)[CH]1c2ccc(C(C)(C)C)cc2-c2cc(C(C)(C)C)ccc21. The maximum absolute atomic E-state index is 2.59. The topological polar surface area (TPSA) is 0 Å². The van der Waals surface area contributed by atoms with Crippen LogP contribution in [0.15, 0.2) is 60.7 Å². The average molecular weight is 579 g/mol. The van der Waals surface area contributed by atoms with Gasteiger partial charge in [-0.1, -0.05) is 0 Å². The Balaban J connectivity index is 1.98. The van der Waals surface area contributed by atoms with E-state index in [9.17, 15) is 0 Å². The molecule has 2 aromatic carbocycles. The molecule has 0 unspecified atom stereocenters. The van der Waals surface area contributed by atoms with Crippen molar-refractivity contribution in [3.63, 3.8) is 0 Å². The molecule has 0 atom stereocenters. The van der Waals surface area contributed by atoms with Gasteiger partial charge in [0, 0.05) is 0 Å². The van der Waals surface area contributed by atoms with Crippen LogP contribution in [-0.4, -0.2) is 5.49 Å². The van der Waals surface area contributed by atoms with E-state index < -0.39 is 20.1 Å². The molecule has 2 aromatic rings. The predicted octanol–water partition coefficient (Wildman–Crippen LogP) is 8.14. The van der Waals surface area contributed by atoms with Crippen molar-refractivity contribution in [1.82, 2.24) is 0 Å². The third kappa shape index (κ3) is 3.95. The molecule has 0 fully saturated rings. The molecule has 2 heteroatoms. The molecule has 2 aliphatic rings. The van der Waals surface area contributed by atoms with Crippen LogP contribution in [0.1, 0.15) is 67.5 Å². The number of rotatable bonds is 2. The molecular formula is C28H36HfSi. The van der Waals surface area contributed by atoms with Gasteiger partial charge in [0.05, 0.1) is 0 Å². The van der Waals surface area contributed by atoms with E-state index in [1.807, 2.05) is 0 Å². The summed E-state index contributed by atoms with van der Waals surface area (Å²) >= 11 is -2.00. The van der Waals surface area contributed by atoms with Crippen molar-refractivity contribution in [2.24, 2.45) is 0 Å². The van der Waals surface area contributed by atoms with E-state index in [1.165, 1.54) is 22.3 Å². The summed E-state index contributed by atoms with van der Waals surface area (Å²) in [7, 11) is 0. The van der Waals surface area contributed by atoms with E-state index in [2.05, 4.69) is 115 Å². The van der Waals surface area contributed by atoms with Crippen molar-refractivity contribution >= 4 is 5.49 Å². The summed E-state index contributed by atoms with van der Waals surface area (Å²) in [5.74, 6) is 0. The Hall–Kier alpha value is -0.993. The maximum atomic E-state index is 2.59. The minimum absolute atomic E-state index is 0.180. The van der Waals surface area contributed by atoms with Crippen LogP contribution in [0.3, 0.4) is 0 Å². The van der Waals surface area contributed by atoms with Gasteiger partial charge in [-0.3, -0.25) is 0 Å². The van der Waals surface area contributed by atoms with Gasteiger partial charge >= 0.3 is 192 Å². The number of benzene rings is 2. The molecule has 0 saturated heterocycles. The van der Waals surface area contributed by atoms with E-state index in [0.717, 1.165) is 3.67 Å². The minimum atomic E-state index is -2.00. The van der Waals surface area contributed by atoms with Gasteiger partial charge in [-0.15, -0.1) is 0 Å².